The van der Waals surface area contributed by atoms with Gasteiger partial charge in [0.05, 0.1) is 12.3 Å². The molecular formula is C14H16F3N3O3S. The molecule has 1 aromatic carbocycles. The van der Waals surface area contributed by atoms with Gasteiger partial charge in [-0.05, 0) is 31.5 Å². The maximum Gasteiger partial charge on any atom is 0.408 e. The van der Waals surface area contributed by atoms with Crippen molar-refractivity contribution in [3.8, 4) is 5.75 Å². The number of ether oxygens (including phenoxy) is 1. The van der Waals surface area contributed by atoms with Crippen molar-refractivity contribution in [1.29, 1.82) is 0 Å². The van der Waals surface area contributed by atoms with E-state index in [4.69, 9.17) is 4.74 Å². The minimum atomic E-state index is -4.48. The Morgan fingerprint density at radius 2 is 2.00 bits per heavy atom. The molecule has 24 heavy (non-hydrogen) atoms. The number of benzene rings is 1. The lowest BCUT2D eigenvalue weighted by molar-refractivity contribution is -0.142. The van der Waals surface area contributed by atoms with Crippen molar-refractivity contribution < 1.29 is 26.3 Å². The molecule has 0 saturated heterocycles. The summed E-state index contributed by atoms with van der Waals surface area (Å²) in [5, 5.41) is 2.96. The second kappa shape index (κ2) is 6.71. The summed E-state index contributed by atoms with van der Waals surface area (Å²) in [5.41, 5.74) is 1.06. The fourth-order valence-electron chi connectivity index (χ4n) is 1.94. The summed E-state index contributed by atoms with van der Waals surface area (Å²) < 4.78 is 69.6. The van der Waals surface area contributed by atoms with Crippen LogP contribution in [0, 0.1) is 6.92 Å². The highest BCUT2D eigenvalue weighted by Gasteiger charge is 2.29. The van der Waals surface area contributed by atoms with Crippen molar-refractivity contribution >= 4 is 15.7 Å². The van der Waals surface area contributed by atoms with Gasteiger partial charge in [0.1, 0.15) is 12.3 Å². The average molecular weight is 363 g/mol. The molecule has 0 saturated carbocycles. The lowest BCUT2D eigenvalue weighted by Crippen LogP contribution is -2.19. The van der Waals surface area contributed by atoms with E-state index in [9.17, 15) is 21.6 Å². The van der Waals surface area contributed by atoms with Gasteiger partial charge in [-0.1, -0.05) is 6.07 Å². The van der Waals surface area contributed by atoms with E-state index in [1.54, 1.807) is 13.0 Å². The molecule has 0 unspecified atom stereocenters. The van der Waals surface area contributed by atoms with E-state index in [0.717, 1.165) is 17.8 Å². The molecule has 1 N–H and O–H groups in total. The zero-order chi connectivity index (χ0) is 18.0. The summed E-state index contributed by atoms with van der Waals surface area (Å²) in [4.78, 5) is 0. The molecular weight excluding hydrogens is 347 g/mol. The molecule has 2 aromatic rings. The lowest BCUT2D eigenvalue weighted by atomic mass is 10.2. The molecule has 0 amide bonds. The summed E-state index contributed by atoms with van der Waals surface area (Å²) >= 11 is 0. The maximum atomic E-state index is 12.3. The molecule has 6 nitrogen and oxygen atoms in total. The molecule has 0 spiro atoms. The molecule has 0 radical (unpaired) electrons. The first-order valence-electron chi connectivity index (χ1n) is 6.97. The van der Waals surface area contributed by atoms with Crippen LogP contribution in [0.1, 0.15) is 12.5 Å². The number of anilines is 1. The van der Waals surface area contributed by atoms with Crippen LogP contribution in [0.3, 0.4) is 0 Å². The molecule has 0 aliphatic carbocycles. The Labute approximate surface area is 137 Å². The third-order valence-corrected chi connectivity index (χ3v) is 4.25. The number of nitrogens with zero attached hydrogens (tertiary/aromatic N) is 2. The molecule has 0 fully saturated rings. The first kappa shape index (κ1) is 18.1. The van der Waals surface area contributed by atoms with Crippen LogP contribution in [0.15, 0.2) is 35.5 Å². The highest BCUT2D eigenvalue weighted by molar-refractivity contribution is 7.92. The summed E-state index contributed by atoms with van der Waals surface area (Å²) in [5.74, 6) is 0.514. The average Bonchev–Trinajstić information content (AvgIpc) is 2.89. The van der Waals surface area contributed by atoms with Gasteiger partial charge in [0.25, 0.3) is 10.0 Å². The van der Waals surface area contributed by atoms with Crippen molar-refractivity contribution in [3.63, 3.8) is 0 Å². The van der Waals surface area contributed by atoms with Crippen LogP contribution in [-0.4, -0.2) is 31.0 Å². The summed E-state index contributed by atoms with van der Waals surface area (Å²) in [7, 11) is -4.10. The number of nitrogens with one attached hydrogen (secondary N) is 1. The molecule has 0 atom stereocenters. The SMILES string of the molecule is CCOc1cc(NS(=O)(=O)c2ccn(CC(F)(F)F)n2)ccc1C. The van der Waals surface area contributed by atoms with Crippen molar-refractivity contribution in [2.45, 2.75) is 31.6 Å². The van der Waals surface area contributed by atoms with E-state index in [1.165, 1.54) is 12.1 Å². The third-order valence-electron chi connectivity index (χ3n) is 2.97. The van der Waals surface area contributed by atoms with E-state index in [1.807, 2.05) is 6.92 Å². The van der Waals surface area contributed by atoms with Crippen LogP contribution < -0.4 is 9.46 Å². The first-order valence-corrected chi connectivity index (χ1v) is 8.45. The predicted molar refractivity (Wildman–Crippen MR) is 81.4 cm³/mol. The number of aryl methyl sites for hydroxylation is 1. The zero-order valence-electron chi connectivity index (χ0n) is 13.0. The normalized spacial score (nSPS) is 12.2. The van der Waals surface area contributed by atoms with Crippen LogP contribution in [-0.2, 0) is 16.6 Å². The minimum Gasteiger partial charge on any atom is -0.494 e. The van der Waals surface area contributed by atoms with Gasteiger partial charge in [0.15, 0.2) is 5.03 Å². The van der Waals surface area contributed by atoms with Crippen LogP contribution in [0.25, 0.3) is 0 Å². The van der Waals surface area contributed by atoms with Gasteiger partial charge in [-0.3, -0.25) is 9.40 Å². The summed E-state index contributed by atoms with van der Waals surface area (Å²) in [6.45, 7) is 2.66. The summed E-state index contributed by atoms with van der Waals surface area (Å²) in [6, 6.07) is 5.71. The third kappa shape index (κ3) is 4.63. The van der Waals surface area contributed by atoms with E-state index >= 15 is 0 Å². The minimum absolute atomic E-state index is 0.231. The van der Waals surface area contributed by atoms with Crippen molar-refractivity contribution in [3.05, 3.63) is 36.0 Å². The van der Waals surface area contributed by atoms with Gasteiger partial charge in [-0.25, -0.2) is 0 Å². The van der Waals surface area contributed by atoms with Crippen LogP contribution >= 0.6 is 0 Å². The number of hydrogen-bond donors (Lipinski definition) is 1. The van der Waals surface area contributed by atoms with Crippen LogP contribution in [0.4, 0.5) is 18.9 Å². The van der Waals surface area contributed by atoms with Gasteiger partial charge >= 0.3 is 6.18 Å². The number of hydrogen-bond acceptors (Lipinski definition) is 4. The smallest absolute Gasteiger partial charge is 0.408 e. The van der Waals surface area contributed by atoms with Gasteiger partial charge in [-0.2, -0.15) is 26.7 Å². The fraction of sp³-hybridized carbons (Fsp3) is 0.357. The highest BCUT2D eigenvalue weighted by Crippen LogP contribution is 2.24. The van der Waals surface area contributed by atoms with E-state index in [2.05, 4.69) is 9.82 Å². The standard InChI is InChI=1S/C14H16F3N3O3S/c1-3-23-12-8-11(5-4-10(12)2)19-24(21,22)13-6-7-20(18-13)9-14(15,16)17/h4-8,19H,3,9H2,1-2H3. The fourth-order valence-corrected chi connectivity index (χ4v) is 2.93. The molecule has 2 rings (SSSR count). The van der Waals surface area contributed by atoms with Gasteiger partial charge < -0.3 is 4.74 Å². The maximum absolute atomic E-state index is 12.3. The Morgan fingerprint density at radius 3 is 2.62 bits per heavy atom. The Balaban J connectivity index is 2.21. The Bertz CT molecular complexity index is 816. The second-order valence-electron chi connectivity index (χ2n) is 4.99. The van der Waals surface area contributed by atoms with Crippen molar-refractivity contribution in [1.82, 2.24) is 9.78 Å². The molecule has 132 valence electrons. The zero-order valence-corrected chi connectivity index (χ0v) is 13.8. The van der Waals surface area contributed by atoms with Crippen LogP contribution in [0.5, 0.6) is 5.75 Å². The quantitative estimate of drug-likeness (QED) is 0.856. The van der Waals surface area contributed by atoms with Gasteiger partial charge in [0, 0.05) is 12.3 Å². The van der Waals surface area contributed by atoms with Crippen molar-refractivity contribution in [2.75, 3.05) is 11.3 Å². The van der Waals surface area contributed by atoms with E-state index in [0.29, 0.717) is 17.0 Å². The molecule has 0 bridgehead atoms. The van der Waals surface area contributed by atoms with Gasteiger partial charge in [-0.15, -0.1) is 0 Å². The first-order chi connectivity index (χ1) is 11.1. The number of alkyl halides is 3. The predicted octanol–water partition coefficient (Wildman–Crippen LogP) is 2.95. The van der Waals surface area contributed by atoms with E-state index < -0.39 is 27.8 Å². The van der Waals surface area contributed by atoms with E-state index in [-0.39, 0.29) is 5.69 Å². The Kier molecular flexibility index (Phi) is 5.07. The number of halogens is 3. The Hall–Kier alpha value is -2.23. The van der Waals surface area contributed by atoms with Crippen molar-refractivity contribution in [2.24, 2.45) is 0 Å². The topological polar surface area (TPSA) is 73.2 Å². The highest BCUT2D eigenvalue weighted by atomic mass is 32.2. The monoisotopic (exact) mass is 363 g/mol. The lowest BCUT2D eigenvalue weighted by Gasteiger charge is -2.11. The molecule has 10 heteroatoms. The Morgan fingerprint density at radius 1 is 1.29 bits per heavy atom. The molecule has 1 heterocycles. The number of rotatable bonds is 6. The number of sulfonamides is 1. The molecule has 0 aliphatic heterocycles. The molecule has 1 aromatic heterocycles. The largest absolute Gasteiger partial charge is 0.494 e. The molecule has 0 aliphatic rings. The number of aromatic nitrogens is 2. The van der Waals surface area contributed by atoms with Crippen LogP contribution in [0.2, 0.25) is 0 Å². The van der Waals surface area contributed by atoms with Gasteiger partial charge in [0.2, 0.25) is 0 Å². The second-order valence-corrected chi connectivity index (χ2v) is 6.61. The summed E-state index contributed by atoms with van der Waals surface area (Å²) in [6.07, 6.45) is -3.52.